The third-order valence-corrected chi connectivity index (χ3v) is 5.12. The van der Waals surface area contributed by atoms with E-state index in [2.05, 4.69) is 34.7 Å². The van der Waals surface area contributed by atoms with Gasteiger partial charge in [0.05, 0.1) is 12.2 Å². The van der Waals surface area contributed by atoms with Crippen molar-refractivity contribution in [3.63, 3.8) is 0 Å². The lowest BCUT2D eigenvalue weighted by atomic mass is 10.1. The lowest BCUT2D eigenvalue weighted by Crippen LogP contribution is -2.06. The van der Waals surface area contributed by atoms with Gasteiger partial charge in [-0.1, -0.05) is 42.5 Å². The quantitative estimate of drug-likeness (QED) is 0.804. The maximum atomic E-state index is 6.22. The summed E-state index contributed by atoms with van der Waals surface area (Å²) < 4.78 is 1.73. The fourth-order valence-electron chi connectivity index (χ4n) is 2.45. The van der Waals surface area contributed by atoms with E-state index in [-0.39, 0.29) is 5.41 Å². The molecule has 0 amide bonds. The van der Waals surface area contributed by atoms with E-state index < -0.39 is 0 Å². The van der Waals surface area contributed by atoms with Crippen LogP contribution in [0.15, 0.2) is 35.7 Å². The molecule has 0 bridgehead atoms. The van der Waals surface area contributed by atoms with E-state index in [1.165, 1.54) is 12.8 Å². The first-order chi connectivity index (χ1) is 10.7. The maximum Gasteiger partial charge on any atom is 0.165 e. The van der Waals surface area contributed by atoms with Crippen LogP contribution in [0.5, 0.6) is 0 Å². The van der Waals surface area contributed by atoms with Gasteiger partial charge < -0.3 is 5.73 Å². The van der Waals surface area contributed by atoms with Crippen LogP contribution in [-0.4, -0.2) is 20.0 Å². The second kappa shape index (κ2) is 4.91. The van der Waals surface area contributed by atoms with Crippen LogP contribution in [0, 0.1) is 0 Å². The maximum absolute atomic E-state index is 6.22. The molecule has 1 fully saturated rings. The van der Waals surface area contributed by atoms with Crippen molar-refractivity contribution in [2.24, 2.45) is 0 Å². The molecule has 0 spiro atoms. The van der Waals surface area contributed by atoms with Gasteiger partial charge in [-0.3, -0.25) is 0 Å². The van der Waals surface area contributed by atoms with Crippen molar-refractivity contribution in [1.82, 2.24) is 20.0 Å². The van der Waals surface area contributed by atoms with Crippen molar-refractivity contribution in [2.45, 2.75) is 31.7 Å². The molecule has 0 atom stereocenters. The van der Waals surface area contributed by atoms with Crippen LogP contribution < -0.4 is 5.73 Å². The van der Waals surface area contributed by atoms with Gasteiger partial charge in [0, 0.05) is 10.8 Å². The number of benzene rings is 1. The Morgan fingerprint density at radius 3 is 2.77 bits per heavy atom. The van der Waals surface area contributed by atoms with Crippen LogP contribution in [0.3, 0.4) is 0 Å². The van der Waals surface area contributed by atoms with Crippen LogP contribution in [0.2, 0.25) is 0 Å². The summed E-state index contributed by atoms with van der Waals surface area (Å²) in [4.78, 5) is 4.72. The monoisotopic (exact) mass is 311 g/mol. The number of hydrogen-bond donors (Lipinski definition) is 1. The summed E-state index contributed by atoms with van der Waals surface area (Å²) in [5.74, 6) is 0.575. The molecule has 22 heavy (non-hydrogen) atoms. The number of thiazole rings is 1. The predicted octanol–water partition coefficient (Wildman–Crippen LogP) is 3.08. The molecule has 1 aliphatic rings. The van der Waals surface area contributed by atoms with Gasteiger partial charge in [0.15, 0.2) is 11.5 Å². The Bertz CT molecular complexity index is 801. The van der Waals surface area contributed by atoms with E-state index >= 15 is 0 Å². The Hall–Kier alpha value is -2.21. The molecule has 0 aliphatic heterocycles. The minimum atomic E-state index is 0.267. The van der Waals surface area contributed by atoms with Gasteiger partial charge in [-0.15, -0.1) is 16.4 Å². The molecule has 6 heteroatoms. The fraction of sp³-hybridized carbons (Fsp3) is 0.312. The zero-order valence-electron chi connectivity index (χ0n) is 12.4. The highest BCUT2D eigenvalue weighted by atomic mass is 32.1. The molecule has 0 saturated heterocycles. The van der Waals surface area contributed by atoms with Crippen molar-refractivity contribution in [1.29, 1.82) is 0 Å². The zero-order chi connectivity index (χ0) is 15.2. The molecule has 4 rings (SSSR count). The van der Waals surface area contributed by atoms with Crippen LogP contribution in [0.1, 0.15) is 31.0 Å². The molecule has 1 saturated carbocycles. The molecule has 5 nitrogen and oxygen atoms in total. The topological polar surface area (TPSA) is 69.6 Å². The minimum Gasteiger partial charge on any atom is -0.382 e. The first kappa shape index (κ1) is 13.5. The largest absolute Gasteiger partial charge is 0.382 e. The first-order valence-corrected chi connectivity index (χ1v) is 8.23. The number of anilines is 1. The summed E-state index contributed by atoms with van der Waals surface area (Å²) in [6.45, 7) is 2.87. The van der Waals surface area contributed by atoms with Crippen molar-refractivity contribution < 1.29 is 0 Å². The number of hydrogen-bond acceptors (Lipinski definition) is 5. The van der Waals surface area contributed by atoms with E-state index in [1.807, 2.05) is 18.2 Å². The fourth-order valence-corrected chi connectivity index (χ4v) is 3.42. The molecule has 0 radical (unpaired) electrons. The molecule has 2 heterocycles. The van der Waals surface area contributed by atoms with Gasteiger partial charge in [-0.2, -0.15) is 0 Å². The van der Waals surface area contributed by atoms with Gasteiger partial charge >= 0.3 is 0 Å². The van der Waals surface area contributed by atoms with Crippen molar-refractivity contribution >= 4 is 17.2 Å². The molecular formula is C16H17N5S. The van der Waals surface area contributed by atoms with E-state index in [9.17, 15) is 0 Å². The van der Waals surface area contributed by atoms with Gasteiger partial charge in [-0.25, -0.2) is 9.67 Å². The summed E-state index contributed by atoms with van der Waals surface area (Å²) >= 11 is 1.60. The Balaban J connectivity index is 1.62. The van der Waals surface area contributed by atoms with E-state index in [4.69, 9.17) is 10.7 Å². The SMILES string of the molecule is CC1(c2csc(-c3nnn(Cc4ccccc4)c3N)n2)CC1. The van der Waals surface area contributed by atoms with E-state index in [0.717, 1.165) is 16.3 Å². The molecule has 1 aliphatic carbocycles. The lowest BCUT2D eigenvalue weighted by molar-refractivity contribution is 0.658. The van der Waals surface area contributed by atoms with Crippen molar-refractivity contribution in [3.8, 4) is 10.7 Å². The molecule has 2 aromatic heterocycles. The number of aromatic nitrogens is 4. The summed E-state index contributed by atoms with van der Waals surface area (Å²) in [6, 6.07) is 10.1. The first-order valence-electron chi connectivity index (χ1n) is 7.35. The summed E-state index contributed by atoms with van der Waals surface area (Å²) in [5.41, 5.74) is 9.49. The summed E-state index contributed by atoms with van der Waals surface area (Å²) in [5, 5.41) is 11.4. The minimum absolute atomic E-state index is 0.267. The molecule has 0 unspecified atom stereocenters. The summed E-state index contributed by atoms with van der Waals surface area (Å²) in [6.07, 6.45) is 2.43. The number of nitrogens with zero attached hydrogens (tertiary/aromatic N) is 4. The lowest BCUT2D eigenvalue weighted by Gasteiger charge is -2.03. The highest BCUT2D eigenvalue weighted by Gasteiger charge is 2.41. The molecule has 2 N–H and O–H groups in total. The third kappa shape index (κ3) is 2.29. The molecule has 3 aromatic rings. The number of nitrogens with two attached hydrogens (primary N) is 1. The van der Waals surface area contributed by atoms with Gasteiger partial charge in [-0.05, 0) is 18.4 Å². The molecule has 1 aromatic carbocycles. The number of rotatable bonds is 4. The van der Waals surface area contributed by atoms with Gasteiger partial charge in [0.25, 0.3) is 0 Å². The standard InChI is InChI=1S/C16H17N5S/c1-16(7-8-16)12-10-22-15(18-12)13-14(17)21(20-19-13)9-11-5-3-2-4-6-11/h2-6,10H,7-9,17H2,1H3. The Kier molecular flexibility index (Phi) is 3.00. The van der Waals surface area contributed by atoms with Crippen molar-refractivity contribution in [3.05, 3.63) is 47.0 Å². The zero-order valence-corrected chi connectivity index (χ0v) is 13.2. The Labute approximate surface area is 132 Å². The second-order valence-electron chi connectivity index (χ2n) is 6.07. The van der Waals surface area contributed by atoms with Crippen LogP contribution >= 0.6 is 11.3 Å². The van der Waals surface area contributed by atoms with Crippen molar-refractivity contribution in [2.75, 3.05) is 5.73 Å². The van der Waals surface area contributed by atoms with Crippen LogP contribution in [0.4, 0.5) is 5.82 Å². The predicted molar refractivity (Wildman–Crippen MR) is 87.7 cm³/mol. The van der Waals surface area contributed by atoms with E-state index in [0.29, 0.717) is 18.1 Å². The summed E-state index contributed by atoms with van der Waals surface area (Å²) in [7, 11) is 0. The third-order valence-electron chi connectivity index (χ3n) is 4.27. The molecule has 112 valence electrons. The van der Waals surface area contributed by atoms with Gasteiger partial charge in [0.1, 0.15) is 5.01 Å². The smallest absolute Gasteiger partial charge is 0.165 e. The molecular weight excluding hydrogens is 294 g/mol. The second-order valence-corrected chi connectivity index (χ2v) is 6.92. The highest BCUT2D eigenvalue weighted by Crippen LogP contribution is 2.48. The average Bonchev–Trinajstić information content (AvgIpc) is 2.96. The normalized spacial score (nSPS) is 15.9. The Morgan fingerprint density at radius 2 is 2.05 bits per heavy atom. The number of nitrogen functional groups attached to an aromatic ring is 1. The Morgan fingerprint density at radius 1 is 1.27 bits per heavy atom. The van der Waals surface area contributed by atoms with Crippen LogP contribution in [0.25, 0.3) is 10.7 Å². The van der Waals surface area contributed by atoms with Crippen LogP contribution in [-0.2, 0) is 12.0 Å². The highest BCUT2D eigenvalue weighted by molar-refractivity contribution is 7.13. The average molecular weight is 311 g/mol. The van der Waals surface area contributed by atoms with Gasteiger partial charge in [0.2, 0.25) is 0 Å². The van der Waals surface area contributed by atoms with E-state index in [1.54, 1.807) is 16.0 Å².